The van der Waals surface area contributed by atoms with Crippen LogP contribution < -0.4 is 4.90 Å². The molecule has 0 spiro atoms. The first-order valence-electron chi connectivity index (χ1n) is 19.6. The van der Waals surface area contributed by atoms with Crippen molar-refractivity contribution in [2.45, 2.75) is 24.8 Å². The number of nitrogens with zero attached hydrogens (tertiary/aromatic N) is 4. The SMILES string of the molecule is C1=CC2c3ccccc3N(c3cc(-c4cc(-c5ccc(-c6ccccc6)cc5)nc(-c5ccccc5)n4)cc(-n4c5ccccc5c5ccccc54)c3)C2CC1. The number of aromatic nitrogens is 3. The van der Waals surface area contributed by atoms with Crippen molar-refractivity contribution in [2.24, 2.45) is 0 Å². The smallest absolute Gasteiger partial charge is 0.160 e. The van der Waals surface area contributed by atoms with Crippen molar-refractivity contribution in [3.05, 3.63) is 200 Å². The minimum atomic E-state index is 0.336. The zero-order chi connectivity index (χ0) is 37.0. The molecule has 0 bridgehead atoms. The molecule has 0 radical (unpaired) electrons. The van der Waals surface area contributed by atoms with Crippen molar-refractivity contribution >= 4 is 33.2 Å². The number of hydrogen-bond acceptors (Lipinski definition) is 3. The van der Waals surface area contributed by atoms with E-state index in [-0.39, 0.29) is 0 Å². The van der Waals surface area contributed by atoms with Crippen molar-refractivity contribution in [3.8, 4) is 50.7 Å². The molecule has 56 heavy (non-hydrogen) atoms. The summed E-state index contributed by atoms with van der Waals surface area (Å²) in [5.41, 5.74) is 14.6. The molecule has 9 aromatic rings. The highest BCUT2D eigenvalue weighted by atomic mass is 15.2. The van der Waals surface area contributed by atoms with Crippen LogP contribution in [0.4, 0.5) is 11.4 Å². The molecule has 0 amide bonds. The summed E-state index contributed by atoms with van der Waals surface area (Å²) in [7, 11) is 0. The van der Waals surface area contributed by atoms with Gasteiger partial charge in [-0.05, 0) is 72.0 Å². The quantitative estimate of drug-likeness (QED) is 0.161. The Bertz CT molecular complexity index is 2870. The van der Waals surface area contributed by atoms with Gasteiger partial charge in [0.1, 0.15) is 0 Å². The molecule has 11 rings (SSSR count). The maximum absolute atomic E-state index is 5.36. The van der Waals surface area contributed by atoms with Gasteiger partial charge >= 0.3 is 0 Å². The third-order valence-electron chi connectivity index (χ3n) is 11.6. The lowest BCUT2D eigenvalue weighted by atomic mass is 9.87. The van der Waals surface area contributed by atoms with E-state index >= 15 is 0 Å². The van der Waals surface area contributed by atoms with Gasteiger partial charge in [0, 0.05) is 56.5 Å². The zero-order valence-corrected chi connectivity index (χ0v) is 30.8. The van der Waals surface area contributed by atoms with Gasteiger partial charge in [0.05, 0.1) is 22.4 Å². The standard InChI is InChI=1S/C52H38N4/c1-3-15-35(16-4-1)36-27-29-37(30-28-36)46-34-47(54-52(53-46)38-17-5-2-6-18-38)39-31-40(55-48-23-11-7-19-42(48)43-20-8-12-24-49(43)55)33-41(32-39)56-50-25-13-9-21-44(50)45-22-10-14-26-51(45)56/h1-13,15-25,27-34,45,51H,14,26H2. The lowest BCUT2D eigenvalue weighted by molar-refractivity contribution is 0.565. The number of hydrogen-bond donors (Lipinski definition) is 0. The van der Waals surface area contributed by atoms with E-state index in [1.807, 2.05) is 6.07 Å². The third kappa shape index (κ3) is 5.45. The third-order valence-corrected chi connectivity index (χ3v) is 11.6. The Morgan fingerprint density at radius 2 is 1.04 bits per heavy atom. The summed E-state index contributed by atoms with van der Waals surface area (Å²) in [5.74, 6) is 1.06. The van der Waals surface area contributed by atoms with Crippen LogP contribution in [0, 0.1) is 0 Å². The summed E-state index contributed by atoms with van der Waals surface area (Å²) in [6.07, 6.45) is 6.96. The van der Waals surface area contributed by atoms with Gasteiger partial charge in [0.25, 0.3) is 0 Å². The Balaban J connectivity index is 1.15. The molecule has 4 heteroatoms. The number of para-hydroxylation sites is 3. The fourth-order valence-corrected chi connectivity index (χ4v) is 9.05. The van der Waals surface area contributed by atoms with Crippen LogP contribution in [-0.2, 0) is 0 Å². The molecule has 1 aliphatic heterocycles. The molecular weight excluding hydrogens is 681 g/mol. The topological polar surface area (TPSA) is 34.0 Å². The Morgan fingerprint density at radius 3 is 1.77 bits per heavy atom. The van der Waals surface area contributed by atoms with Crippen LogP contribution in [0.1, 0.15) is 24.3 Å². The van der Waals surface area contributed by atoms with Gasteiger partial charge in [-0.25, -0.2) is 9.97 Å². The summed E-state index contributed by atoms with van der Waals surface area (Å²) in [4.78, 5) is 13.2. The summed E-state index contributed by atoms with van der Waals surface area (Å²) < 4.78 is 2.43. The maximum atomic E-state index is 5.36. The second-order valence-electron chi connectivity index (χ2n) is 14.9. The van der Waals surface area contributed by atoms with Crippen LogP contribution in [0.5, 0.6) is 0 Å². The number of fused-ring (bicyclic) bond motifs is 6. The van der Waals surface area contributed by atoms with Crippen LogP contribution in [0.2, 0.25) is 0 Å². The predicted octanol–water partition coefficient (Wildman–Crippen LogP) is 13.2. The fraction of sp³-hybridized carbons (Fsp3) is 0.0769. The fourth-order valence-electron chi connectivity index (χ4n) is 9.05. The molecular formula is C52H38N4. The van der Waals surface area contributed by atoms with E-state index in [1.165, 1.54) is 49.9 Å². The molecule has 1 aliphatic carbocycles. The van der Waals surface area contributed by atoms with Crippen molar-refractivity contribution in [1.29, 1.82) is 0 Å². The van der Waals surface area contributed by atoms with Crippen LogP contribution in [0.3, 0.4) is 0 Å². The number of allylic oxidation sites excluding steroid dienone is 1. The van der Waals surface area contributed by atoms with Crippen molar-refractivity contribution in [2.75, 3.05) is 4.90 Å². The van der Waals surface area contributed by atoms with Crippen molar-refractivity contribution in [1.82, 2.24) is 14.5 Å². The van der Waals surface area contributed by atoms with E-state index in [1.54, 1.807) is 0 Å². The highest BCUT2D eigenvalue weighted by Gasteiger charge is 2.39. The van der Waals surface area contributed by atoms with Crippen molar-refractivity contribution < 1.29 is 0 Å². The molecule has 0 saturated heterocycles. The lowest BCUT2D eigenvalue weighted by Crippen LogP contribution is -2.31. The Labute approximate surface area is 326 Å². The first-order chi connectivity index (χ1) is 27.8. The van der Waals surface area contributed by atoms with E-state index in [0.717, 1.165) is 46.6 Å². The molecule has 0 N–H and O–H groups in total. The normalized spacial score (nSPS) is 16.0. The minimum absolute atomic E-state index is 0.336. The number of anilines is 2. The van der Waals surface area contributed by atoms with E-state index in [4.69, 9.17) is 9.97 Å². The Morgan fingerprint density at radius 1 is 0.464 bits per heavy atom. The largest absolute Gasteiger partial charge is 0.337 e. The lowest BCUT2D eigenvalue weighted by Gasteiger charge is -2.32. The van der Waals surface area contributed by atoms with Crippen LogP contribution in [0.25, 0.3) is 72.5 Å². The molecule has 0 saturated carbocycles. The molecule has 7 aromatic carbocycles. The monoisotopic (exact) mass is 718 g/mol. The second-order valence-corrected chi connectivity index (χ2v) is 14.9. The molecule has 2 atom stereocenters. The summed E-state index contributed by atoms with van der Waals surface area (Å²) in [6.45, 7) is 0. The van der Waals surface area contributed by atoms with Crippen LogP contribution in [0.15, 0.2) is 194 Å². The molecule has 3 heterocycles. The molecule has 4 nitrogen and oxygen atoms in total. The molecule has 266 valence electrons. The minimum Gasteiger partial charge on any atom is -0.337 e. The van der Waals surface area contributed by atoms with Gasteiger partial charge in [-0.3, -0.25) is 0 Å². The summed E-state index contributed by atoms with van der Waals surface area (Å²) in [6, 6.07) is 65.7. The van der Waals surface area contributed by atoms with E-state index in [0.29, 0.717) is 17.8 Å². The van der Waals surface area contributed by atoms with Crippen LogP contribution in [-0.4, -0.2) is 20.6 Å². The van der Waals surface area contributed by atoms with Gasteiger partial charge in [-0.15, -0.1) is 0 Å². The number of rotatable bonds is 6. The first kappa shape index (κ1) is 32.4. The van der Waals surface area contributed by atoms with Crippen LogP contribution >= 0.6 is 0 Å². The van der Waals surface area contributed by atoms with E-state index in [2.05, 4.69) is 198 Å². The second kappa shape index (κ2) is 13.4. The first-order valence-corrected chi connectivity index (χ1v) is 19.6. The summed E-state index contributed by atoms with van der Waals surface area (Å²) >= 11 is 0. The Hall–Kier alpha value is -7.04. The van der Waals surface area contributed by atoms with Gasteiger partial charge in [0.2, 0.25) is 0 Å². The van der Waals surface area contributed by atoms with Gasteiger partial charge < -0.3 is 9.47 Å². The molecule has 2 aliphatic rings. The average molecular weight is 719 g/mol. The summed E-state index contributed by atoms with van der Waals surface area (Å²) in [5, 5.41) is 2.49. The highest BCUT2D eigenvalue weighted by molar-refractivity contribution is 6.09. The number of benzene rings is 7. The van der Waals surface area contributed by atoms with Gasteiger partial charge in [-0.1, -0.05) is 152 Å². The predicted molar refractivity (Wildman–Crippen MR) is 232 cm³/mol. The maximum Gasteiger partial charge on any atom is 0.160 e. The Kier molecular flexibility index (Phi) is 7.73. The molecule has 2 aromatic heterocycles. The van der Waals surface area contributed by atoms with Crippen molar-refractivity contribution in [3.63, 3.8) is 0 Å². The zero-order valence-electron chi connectivity index (χ0n) is 30.8. The van der Waals surface area contributed by atoms with E-state index < -0.39 is 0 Å². The molecule has 2 unspecified atom stereocenters. The van der Waals surface area contributed by atoms with E-state index in [9.17, 15) is 0 Å². The molecule has 0 fully saturated rings. The van der Waals surface area contributed by atoms with Gasteiger partial charge in [0.15, 0.2) is 5.82 Å². The van der Waals surface area contributed by atoms with Gasteiger partial charge in [-0.2, -0.15) is 0 Å². The highest BCUT2D eigenvalue weighted by Crippen LogP contribution is 2.50. The average Bonchev–Trinajstić information content (AvgIpc) is 3.80.